The zero-order valence-electron chi connectivity index (χ0n) is 20.8. The molecule has 6 heteroatoms. The fourth-order valence-corrected chi connectivity index (χ4v) is 5.03. The number of hydrogen-bond donors (Lipinski definition) is 4. The Kier molecular flexibility index (Phi) is 8.90. The second-order valence-electron chi connectivity index (χ2n) is 9.62. The highest BCUT2D eigenvalue weighted by molar-refractivity contribution is 5.28. The molecule has 4 N–H and O–H groups in total. The minimum Gasteiger partial charge on any atom is -0.384 e. The lowest BCUT2D eigenvalue weighted by atomic mass is 9.71. The van der Waals surface area contributed by atoms with Crippen molar-refractivity contribution in [3.05, 3.63) is 108 Å². The van der Waals surface area contributed by atoms with Gasteiger partial charge in [0.25, 0.3) is 0 Å². The van der Waals surface area contributed by atoms with Gasteiger partial charge >= 0.3 is 0 Å². The van der Waals surface area contributed by atoms with Crippen LogP contribution in [-0.4, -0.2) is 58.1 Å². The number of nitrogens with one attached hydrogen (secondary N) is 1. The first kappa shape index (κ1) is 26.5. The summed E-state index contributed by atoms with van der Waals surface area (Å²) in [5, 5.41) is 38.7. The molecule has 36 heavy (non-hydrogen) atoms. The summed E-state index contributed by atoms with van der Waals surface area (Å²) < 4.78 is 12.3. The van der Waals surface area contributed by atoms with Crippen LogP contribution in [0.25, 0.3) is 0 Å². The molecule has 0 aliphatic carbocycles. The lowest BCUT2D eigenvalue weighted by molar-refractivity contribution is -0.161. The van der Waals surface area contributed by atoms with E-state index in [0.717, 1.165) is 23.1 Å². The summed E-state index contributed by atoms with van der Waals surface area (Å²) in [7, 11) is 0. The largest absolute Gasteiger partial charge is 0.384 e. The summed E-state index contributed by atoms with van der Waals surface area (Å²) in [5.41, 5.74) is -0.803. The van der Waals surface area contributed by atoms with E-state index in [1.165, 1.54) is 0 Å². The van der Waals surface area contributed by atoms with Gasteiger partial charge in [0.05, 0.1) is 13.2 Å². The summed E-state index contributed by atoms with van der Waals surface area (Å²) >= 11 is 0. The van der Waals surface area contributed by atoms with Crippen molar-refractivity contribution in [1.29, 1.82) is 0 Å². The van der Waals surface area contributed by atoms with Crippen molar-refractivity contribution in [2.24, 2.45) is 0 Å². The van der Waals surface area contributed by atoms with Gasteiger partial charge in [0, 0.05) is 12.8 Å². The van der Waals surface area contributed by atoms with Crippen molar-refractivity contribution in [3.63, 3.8) is 0 Å². The molecule has 1 aliphatic heterocycles. The number of rotatable bonds is 12. The van der Waals surface area contributed by atoms with Crippen molar-refractivity contribution < 1.29 is 24.8 Å². The van der Waals surface area contributed by atoms with E-state index in [4.69, 9.17) is 9.47 Å². The van der Waals surface area contributed by atoms with Crippen LogP contribution in [0.4, 0.5) is 0 Å². The van der Waals surface area contributed by atoms with Crippen molar-refractivity contribution in [3.8, 4) is 0 Å². The molecule has 0 amide bonds. The van der Waals surface area contributed by atoms with Crippen LogP contribution in [0.15, 0.2) is 91.0 Å². The van der Waals surface area contributed by atoms with E-state index in [9.17, 15) is 15.3 Å². The van der Waals surface area contributed by atoms with E-state index in [0.29, 0.717) is 13.2 Å². The molecule has 192 valence electrons. The van der Waals surface area contributed by atoms with Crippen molar-refractivity contribution in [1.82, 2.24) is 5.32 Å². The van der Waals surface area contributed by atoms with Gasteiger partial charge in [0.2, 0.25) is 0 Å². The maximum absolute atomic E-state index is 12.3. The Morgan fingerprint density at radius 1 is 0.806 bits per heavy atom. The minimum atomic E-state index is -1.79. The van der Waals surface area contributed by atoms with E-state index >= 15 is 0 Å². The molecule has 3 aromatic rings. The van der Waals surface area contributed by atoms with Crippen LogP contribution in [0.5, 0.6) is 0 Å². The zero-order chi connectivity index (χ0) is 25.4. The predicted molar refractivity (Wildman–Crippen MR) is 139 cm³/mol. The highest BCUT2D eigenvalue weighted by atomic mass is 16.6. The van der Waals surface area contributed by atoms with E-state index in [1.807, 2.05) is 97.9 Å². The Hall–Kier alpha value is -2.58. The third-order valence-corrected chi connectivity index (χ3v) is 6.97. The fourth-order valence-electron chi connectivity index (χ4n) is 5.03. The summed E-state index contributed by atoms with van der Waals surface area (Å²) in [6.07, 6.45) is -2.03. The van der Waals surface area contributed by atoms with Crippen molar-refractivity contribution in [2.75, 3.05) is 13.2 Å². The third kappa shape index (κ3) is 5.86. The topological polar surface area (TPSA) is 91.2 Å². The molecule has 0 aromatic heterocycles. The Bertz CT molecular complexity index is 1050. The van der Waals surface area contributed by atoms with Gasteiger partial charge in [0.15, 0.2) is 0 Å². The second-order valence-corrected chi connectivity index (χ2v) is 9.62. The SMILES string of the molecule is CCCNC(O)[C@@H]1O[C@H](COCc2ccccc2)[C@](O)(Cc2ccccc2)[C@@]1(O)Cc1ccccc1. The molecule has 3 aromatic carbocycles. The molecule has 1 saturated heterocycles. The van der Waals surface area contributed by atoms with Gasteiger partial charge in [-0.1, -0.05) is 97.9 Å². The van der Waals surface area contributed by atoms with Crippen LogP contribution >= 0.6 is 0 Å². The third-order valence-electron chi connectivity index (χ3n) is 6.97. The number of hydrogen-bond acceptors (Lipinski definition) is 6. The quantitative estimate of drug-likeness (QED) is 0.291. The summed E-state index contributed by atoms with van der Waals surface area (Å²) in [6.45, 7) is 2.96. The van der Waals surface area contributed by atoms with Crippen LogP contribution < -0.4 is 5.32 Å². The maximum atomic E-state index is 12.3. The molecular formula is C30H37NO5. The molecular weight excluding hydrogens is 454 g/mol. The lowest BCUT2D eigenvalue weighted by Gasteiger charge is -2.42. The Morgan fingerprint density at radius 2 is 1.31 bits per heavy atom. The molecule has 0 saturated carbocycles. The van der Waals surface area contributed by atoms with Gasteiger partial charge in [-0.3, -0.25) is 5.32 Å². The molecule has 1 fully saturated rings. The first-order valence-corrected chi connectivity index (χ1v) is 12.7. The average Bonchev–Trinajstić information content (AvgIpc) is 3.10. The Morgan fingerprint density at radius 3 is 1.83 bits per heavy atom. The Labute approximate surface area is 213 Å². The van der Waals surface area contributed by atoms with Crippen LogP contribution in [0.3, 0.4) is 0 Å². The first-order valence-electron chi connectivity index (χ1n) is 12.7. The van der Waals surface area contributed by atoms with Gasteiger partial charge in [-0.25, -0.2) is 0 Å². The van der Waals surface area contributed by atoms with Gasteiger partial charge in [-0.15, -0.1) is 0 Å². The van der Waals surface area contributed by atoms with Gasteiger partial charge in [-0.05, 0) is 29.7 Å². The van der Waals surface area contributed by atoms with Crippen molar-refractivity contribution in [2.45, 2.75) is 62.4 Å². The minimum absolute atomic E-state index is 0.0618. The van der Waals surface area contributed by atoms with E-state index in [1.54, 1.807) is 0 Å². The summed E-state index contributed by atoms with van der Waals surface area (Å²) in [4.78, 5) is 0. The molecule has 0 bridgehead atoms. The smallest absolute Gasteiger partial charge is 0.134 e. The molecule has 4 rings (SSSR count). The van der Waals surface area contributed by atoms with Crippen molar-refractivity contribution >= 4 is 0 Å². The molecule has 0 spiro atoms. The van der Waals surface area contributed by atoms with Crippen LogP contribution in [-0.2, 0) is 28.9 Å². The number of benzene rings is 3. The maximum Gasteiger partial charge on any atom is 0.134 e. The van der Waals surface area contributed by atoms with E-state index in [2.05, 4.69) is 5.32 Å². The number of ether oxygens (including phenoxy) is 2. The normalized spacial score (nSPS) is 26.7. The molecule has 5 atom stereocenters. The van der Waals surface area contributed by atoms with Crippen LogP contribution in [0.2, 0.25) is 0 Å². The number of aliphatic hydroxyl groups excluding tert-OH is 1. The first-order chi connectivity index (χ1) is 17.5. The fraction of sp³-hybridized carbons (Fsp3) is 0.400. The molecule has 0 radical (unpaired) electrons. The second kappa shape index (κ2) is 12.1. The monoisotopic (exact) mass is 491 g/mol. The number of aliphatic hydroxyl groups is 3. The zero-order valence-corrected chi connectivity index (χ0v) is 20.8. The summed E-state index contributed by atoms with van der Waals surface area (Å²) in [6, 6.07) is 28.8. The molecule has 6 nitrogen and oxygen atoms in total. The van der Waals surface area contributed by atoms with Gasteiger partial charge < -0.3 is 24.8 Å². The van der Waals surface area contributed by atoms with Crippen LogP contribution in [0, 0.1) is 0 Å². The average molecular weight is 492 g/mol. The standard InChI is InChI=1S/C30H37NO5/c1-2-18-31-28(32)27-30(34,20-24-14-8-4-9-15-24)29(33,19-23-12-6-3-7-13-23)26(36-27)22-35-21-25-16-10-5-11-17-25/h3-17,26-28,31-34H,2,18-22H2,1H3/t26-,27+,28?,29-,30-/m1/s1. The molecule has 1 unspecified atom stereocenters. The Balaban J connectivity index is 1.67. The van der Waals surface area contributed by atoms with E-state index < -0.39 is 29.6 Å². The van der Waals surface area contributed by atoms with Gasteiger partial charge in [-0.2, -0.15) is 0 Å². The summed E-state index contributed by atoms with van der Waals surface area (Å²) in [5.74, 6) is 0. The highest BCUT2D eigenvalue weighted by Crippen LogP contribution is 2.45. The van der Waals surface area contributed by atoms with Gasteiger partial charge in [0.1, 0.15) is 29.6 Å². The molecule has 1 aliphatic rings. The highest BCUT2D eigenvalue weighted by Gasteiger charge is 2.66. The lowest BCUT2D eigenvalue weighted by Crippen LogP contribution is -2.65. The molecule has 1 heterocycles. The van der Waals surface area contributed by atoms with E-state index in [-0.39, 0.29) is 19.4 Å². The predicted octanol–water partition coefficient (Wildman–Crippen LogP) is 3.24. The van der Waals surface area contributed by atoms with Crippen LogP contribution in [0.1, 0.15) is 30.0 Å².